The van der Waals surface area contributed by atoms with Crippen LogP contribution in [-0.4, -0.2) is 52.9 Å². The summed E-state index contributed by atoms with van der Waals surface area (Å²) in [6, 6.07) is 18.0. The second-order valence-corrected chi connectivity index (χ2v) is 10.3. The zero-order valence-corrected chi connectivity index (χ0v) is 19.5. The van der Waals surface area contributed by atoms with Crippen LogP contribution in [0.25, 0.3) is 17.1 Å². The molecular weight excluding hydrogens is 428 g/mol. The molecule has 2 heterocycles. The van der Waals surface area contributed by atoms with Crippen molar-refractivity contribution in [3.05, 3.63) is 70.3 Å². The van der Waals surface area contributed by atoms with Crippen molar-refractivity contribution in [2.24, 2.45) is 0 Å². The fourth-order valence-electron chi connectivity index (χ4n) is 4.01. The van der Waals surface area contributed by atoms with E-state index in [9.17, 15) is 8.42 Å². The number of sulfonamides is 1. The lowest BCUT2D eigenvalue weighted by Gasteiger charge is -2.33. The molecular formula is C23H28N4O2S2. The number of rotatable bonds is 6. The number of hydrogen-bond acceptors (Lipinski definition) is 4. The summed E-state index contributed by atoms with van der Waals surface area (Å²) in [6.45, 7) is 7.21. The molecule has 0 atom stereocenters. The van der Waals surface area contributed by atoms with E-state index in [0.29, 0.717) is 32.8 Å². The third-order valence-electron chi connectivity index (χ3n) is 5.65. The molecule has 4 rings (SSSR count). The van der Waals surface area contributed by atoms with Gasteiger partial charge in [-0.3, -0.25) is 4.90 Å². The number of benzene rings is 2. The molecule has 6 nitrogen and oxygen atoms in total. The van der Waals surface area contributed by atoms with Crippen LogP contribution in [0.3, 0.4) is 0 Å². The summed E-state index contributed by atoms with van der Waals surface area (Å²) in [7, 11) is -3.43. The zero-order chi connectivity index (χ0) is 22.0. The molecule has 1 saturated heterocycles. The Morgan fingerprint density at radius 3 is 2.19 bits per heavy atom. The van der Waals surface area contributed by atoms with Crippen LogP contribution in [0.5, 0.6) is 0 Å². The normalized spacial score (nSPS) is 16.6. The predicted molar refractivity (Wildman–Crippen MR) is 129 cm³/mol. The number of hydrogen-bond donors (Lipinski definition) is 0. The molecule has 0 N–H and O–H groups in total. The maximum atomic E-state index is 12.7. The Labute approximate surface area is 189 Å². The van der Waals surface area contributed by atoms with Crippen LogP contribution >= 0.6 is 12.2 Å². The number of imidazole rings is 1. The van der Waals surface area contributed by atoms with Gasteiger partial charge in [0, 0.05) is 37.6 Å². The summed E-state index contributed by atoms with van der Waals surface area (Å²) >= 11 is 5.78. The lowest BCUT2D eigenvalue weighted by atomic mass is 10.2. The van der Waals surface area contributed by atoms with Crippen molar-refractivity contribution in [2.75, 3.05) is 26.2 Å². The summed E-state index contributed by atoms with van der Waals surface area (Å²) in [6.07, 6.45) is 1.65. The van der Waals surface area contributed by atoms with Crippen LogP contribution in [0.1, 0.15) is 25.5 Å². The van der Waals surface area contributed by atoms with E-state index in [1.54, 1.807) is 10.4 Å². The van der Waals surface area contributed by atoms with E-state index in [4.69, 9.17) is 12.2 Å². The van der Waals surface area contributed by atoms with Crippen LogP contribution in [0.4, 0.5) is 0 Å². The SMILES string of the molecule is CC(C)n1c(=S)n(CN2CCN(S(=O)(=O)C=Cc3ccccc3)CC2)c2ccccc21. The maximum Gasteiger partial charge on any atom is 0.236 e. The summed E-state index contributed by atoms with van der Waals surface area (Å²) < 4.78 is 32.1. The highest BCUT2D eigenvalue weighted by atomic mass is 32.2. The fraction of sp³-hybridized carbons (Fsp3) is 0.348. The number of fused-ring (bicyclic) bond motifs is 1. The molecule has 0 aliphatic carbocycles. The van der Waals surface area contributed by atoms with Crippen molar-refractivity contribution < 1.29 is 8.42 Å². The van der Waals surface area contributed by atoms with Gasteiger partial charge < -0.3 is 9.13 Å². The van der Waals surface area contributed by atoms with Gasteiger partial charge in [0.2, 0.25) is 10.0 Å². The molecule has 1 aliphatic heterocycles. The third-order valence-corrected chi connectivity index (χ3v) is 7.63. The Bertz CT molecular complexity index is 1240. The topological polar surface area (TPSA) is 50.5 Å². The molecule has 0 unspecified atom stereocenters. The highest BCUT2D eigenvalue weighted by Gasteiger charge is 2.25. The monoisotopic (exact) mass is 456 g/mol. The molecule has 164 valence electrons. The Balaban J connectivity index is 1.46. The van der Waals surface area contributed by atoms with Gasteiger partial charge in [-0.05, 0) is 49.8 Å². The first-order chi connectivity index (χ1) is 14.9. The number of nitrogens with zero attached hydrogens (tertiary/aromatic N) is 4. The van der Waals surface area contributed by atoms with Gasteiger partial charge in [0.05, 0.1) is 17.7 Å². The minimum Gasteiger partial charge on any atom is -0.314 e. The molecule has 1 fully saturated rings. The molecule has 1 aromatic heterocycles. The van der Waals surface area contributed by atoms with Crippen molar-refractivity contribution in [1.82, 2.24) is 18.3 Å². The Morgan fingerprint density at radius 2 is 1.55 bits per heavy atom. The van der Waals surface area contributed by atoms with E-state index >= 15 is 0 Å². The first-order valence-corrected chi connectivity index (χ1v) is 12.4. The molecule has 0 radical (unpaired) electrons. The predicted octanol–water partition coefficient (Wildman–Crippen LogP) is 4.33. The number of aromatic nitrogens is 2. The van der Waals surface area contributed by atoms with E-state index in [0.717, 1.165) is 21.4 Å². The van der Waals surface area contributed by atoms with E-state index in [-0.39, 0.29) is 6.04 Å². The van der Waals surface area contributed by atoms with E-state index in [1.807, 2.05) is 42.5 Å². The highest BCUT2D eigenvalue weighted by Crippen LogP contribution is 2.23. The first kappa shape index (κ1) is 22.0. The molecule has 8 heteroatoms. The Kier molecular flexibility index (Phi) is 6.43. The standard InChI is InChI=1S/C23H28N4O2S2/c1-19(2)27-22-11-7-6-10-21(22)26(23(27)30)18-24-13-15-25(16-14-24)31(28,29)17-12-20-8-4-3-5-9-20/h3-12,17,19H,13-16,18H2,1-2H3. The summed E-state index contributed by atoms with van der Waals surface area (Å²) in [5.41, 5.74) is 3.12. The van der Waals surface area contributed by atoms with Crippen molar-refractivity contribution in [3.8, 4) is 0 Å². The average molecular weight is 457 g/mol. The molecule has 0 spiro atoms. The quantitative estimate of drug-likeness (QED) is 0.518. The van der Waals surface area contributed by atoms with E-state index in [1.165, 1.54) is 5.41 Å². The van der Waals surface area contributed by atoms with Gasteiger partial charge in [0.15, 0.2) is 4.77 Å². The number of piperazine rings is 1. The van der Waals surface area contributed by atoms with Crippen molar-refractivity contribution >= 4 is 39.4 Å². The van der Waals surface area contributed by atoms with Gasteiger partial charge in [0.25, 0.3) is 0 Å². The summed E-state index contributed by atoms with van der Waals surface area (Å²) in [5, 5.41) is 1.31. The van der Waals surface area contributed by atoms with Crippen LogP contribution in [0.2, 0.25) is 0 Å². The smallest absolute Gasteiger partial charge is 0.236 e. The molecule has 2 aromatic carbocycles. The van der Waals surface area contributed by atoms with Crippen molar-refractivity contribution in [3.63, 3.8) is 0 Å². The van der Waals surface area contributed by atoms with Crippen LogP contribution in [0, 0.1) is 4.77 Å². The van der Waals surface area contributed by atoms with Crippen molar-refractivity contribution in [1.29, 1.82) is 0 Å². The van der Waals surface area contributed by atoms with Gasteiger partial charge >= 0.3 is 0 Å². The second kappa shape index (κ2) is 9.08. The first-order valence-electron chi connectivity index (χ1n) is 10.5. The van der Waals surface area contributed by atoms with Gasteiger partial charge in [-0.15, -0.1) is 0 Å². The van der Waals surface area contributed by atoms with Crippen LogP contribution in [0.15, 0.2) is 60.0 Å². The van der Waals surface area contributed by atoms with Gasteiger partial charge in [-0.1, -0.05) is 42.5 Å². The van der Waals surface area contributed by atoms with E-state index < -0.39 is 10.0 Å². The lowest BCUT2D eigenvalue weighted by molar-refractivity contribution is 0.154. The molecule has 0 bridgehead atoms. The Hall–Kier alpha value is -2.26. The minimum atomic E-state index is -3.43. The largest absolute Gasteiger partial charge is 0.314 e. The average Bonchev–Trinajstić information content (AvgIpc) is 3.05. The summed E-state index contributed by atoms with van der Waals surface area (Å²) in [5.74, 6) is 0. The fourth-order valence-corrected chi connectivity index (χ4v) is 5.65. The molecule has 0 amide bonds. The van der Waals surface area contributed by atoms with E-state index in [2.05, 4.69) is 40.0 Å². The van der Waals surface area contributed by atoms with Gasteiger partial charge in [-0.25, -0.2) is 8.42 Å². The van der Waals surface area contributed by atoms with Crippen LogP contribution in [-0.2, 0) is 16.7 Å². The maximum absolute atomic E-state index is 12.7. The zero-order valence-electron chi connectivity index (χ0n) is 17.9. The summed E-state index contributed by atoms with van der Waals surface area (Å²) in [4.78, 5) is 2.26. The molecule has 31 heavy (non-hydrogen) atoms. The van der Waals surface area contributed by atoms with Gasteiger partial charge in [0.1, 0.15) is 0 Å². The van der Waals surface area contributed by atoms with Crippen LogP contribution < -0.4 is 0 Å². The molecule has 3 aromatic rings. The Morgan fingerprint density at radius 1 is 0.935 bits per heavy atom. The number of para-hydroxylation sites is 2. The second-order valence-electron chi connectivity index (χ2n) is 8.08. The highest BCUT2D eigenvalue weighted by molar-refractivity contribution is 7.92. The van der Waals surface area contributed by atoms with Gasteiger partial charge in [-0.2, -0.15) is 4.31 Å². The van der Waals surface area contributed by atoms with Crippen molar-refractivity contribution in [2.45, 2.75) is 26.6 Å². The lowest BCUT2D eigenvalue weighted by Crippen LogP contribution is -2.48. The third kappa shape index (κ3) is 4.67. The molecule has 1 aliphatic rings. The molecule has 0 saturated carbocycles. The minimum absolute atomic E-state index is 0.275.